The highest BCUT2D eigenvalue weighted by Crippen LogP contribution is 2.32. The van der Waals surface area contributed by atoms with Crippen LogP contribution in [0, 0.1) is 13.8 Å². The highest BCUT2D eigenvalue weighted by atomic mass is 32.2. The summed E-state index contributed by atoms with van der Waals surface area (Å²) < 4.78 is 28.2. The summed E-state index contributed by atoms with van der Waals surface area (Å²) in [5.74, 6) is -0.0597. The van der Waals surface area contributed by atoms with Crippen LogP contribution < -0.4 is 4.90 Å². The summed E-state index contributed by atoms with van der Waals surface area (Å²) in [6.45, 7) is 8.03. The molecule has 7 nitrogen and oxygen atoms in total. The van der Waals surface area contributed by atoms with Gasteiger partial charge in [0.15, 0.2) is 5.13 Å². The molecule has 2 aliphatic heterocycles. The molecule has 174 valence electrons. The van der Waals surface area contributed by atoms with Gasteiger partial charge in [0.05, 0.1) is 15.1 Å². The molecule has 0 spiro atoms. The third-order valence-electron chi connectivity index (χ3n) is 6.45. The molecule has 0 atom stereocenters. The van der Waals surface area contributed by atoms with Crippen LogP contribution in [0.3, 0.4) is 0 Å². The number of amides is 1. The Morgan fingerprint density at radius 1 is 0.939 bits per heavy atom. The van der Waals surface area contributed by atoms with Gasteiger partial charge in [-0.15, -0.1) is 0 Å². The fourth-order valence-corrected chi connectivity index (χ4v) is 7.21. The second kappa shape index (κ2) is 8.70. The Balaban J connectivity index is 1.25. The third kappa shape index (κ3) is 4.25. The van der Waals surface area contributed by atoms with Gasteiger partial charge in [0.2, 0.25) is 10.0 Å². The molecule has 2 aromatic carbocycles. The van der Waals surface area contributed by atoms with Crippen LogP contribution in [0.4, 0.5) is 5.13 Å². The number of piperazine rings is 1. The molecule has 0 bridgehead atoms. The van der Waals surface area contributed by atoms with E-state index in [2.05, 4.69) is 30.9 Å². The second-order valence-electron chi connectivity index (χ2n) is 8.84. The van der Waals surface area contributed by atoms with Gasteiger partial charge >= 0.3 is 0 Å². The Labute approximate surface area is 198 Å². The average molecular weight is 485 g/mol. The monoisotopic (exact) mass is 484 g/mol. The Morgan fingerprint density at radius 2 is 1.61 bits per heavy atom. The van der Waals surface area contributed by atoms with Crippen LogP contribution in [0.25, 0.3) is 10.2 Å². The number of sulfonamides is 1. The van der Waals surface area contributed by atoms with E-state index in [9.17, 15) is 13.2 Å². The van der Waals surface area contributed by atoms with Crippen LogP contribution in [0.2, 0.25) is 0 Å². The summed E-state index contributed by atoms with van der Waals surface area (Å²) in [4.78, 5) is 22.2. The molecule has 5 rings (SSSR count). The van der Waals surface area contributed by atoms with Crippen molar-refractivity contribution in [2.45, 2.75) is 31.6 Å². The summed E-state index contributed by atoms with van der Waals surface area (Å²) in [5.41, 5.74) is 4.02. The smallest absolute Gasteiger partial charge is 0.253 e. The van der Waals surface area contributed by atoms with E-state index >= 15 is 0 Å². The summed E-state index contributed by atoms with van der Waals surface area (Å²) in [6.07, 6.45) is 1.80. The van der Waals surface area contributed by atoms with Crippen molar-refractivity contribution in [3.63, 3.8) is 0 Å². The molecule has 0 aliphatic carbocycles. The maximum Gasteiger partial charge on any atom is 0.253 e. The van der Waals surface area contributed by atoms with Crippen LogP contribution in [0.5, 0.6) is 0 Å². The molecule has 2 saturated heterocycles. The van der Waals surface area contributed by atoms with Gasteiger partial charge in [0.1, 0.15) is 0 Å². The first-order valence-corrected chi connectivity index (χ1v) is 13.6. The Morgan fingerprint density at radius 3 is 2.27 bits per heavy atom. The van der Waals surface area contributed by atoms with Crippen LogP contribution in [0.1, 0.15) is 34.3 Å². The maximum atomic E-state index is 13.0. The first-order valence-electron chi connectivity index (χ1n) is 11.4. The van der Waals surface area contributed by atoms with Gasteiger partial charge in [-0.3, -0.25) is 4.79 Å². The molecular weight excluding hydrogens is 456 g/mol. The van der Waals surface area contributed by atoms with Crippen molar-refractivity contribution in [2.75, 3.05) is 44.2 Å². The average Bonchev–Trinajstić information content (AvgIpc) is 3.50. The number of aryl methyl sites for hydroxylation is 2. The zero-order valence-electron chi connectivity index (χ0n) is 19.0. The first kappa shape index (κ1) is 22.3. The Kier molecular flexibility index (Phi) is 5.88. The number of aromatic nitrogens is 1. The van der Waals surface area contributed by atoms with E-state index in [0.717, 1.165) is 36.6 Å². The lowest BCUT2D eigenvalue weighted by Crippen LogP contribution is -2.48. The van der Waals surface area contributed by atoms with E-state index in [-0.39, 0.29) is 10.8 Å². The van der Waals surface area contributed by atoms with Crippen molar-refractivity contribution in [1.29, 1.82) is 0 Å². The second-order valence-corrected chi connectivity index (χ2v) is 11.8. The van der Waals surface area contributed by atoms with Gasteiger partial charge < -0.3 is 9.80 Å². The number of rotatable bonds is 4. The number of hydrogen-bond donors (Lipinski definition) is 0. The van der Waals surface area contributed by atoms with E-state index in [1.807, 2.05) is 4.90 Å². The first-order chi connectivity index (χ1) is 15.8. The highest BCUT2D eigenvalue weighted by Gasteiger charge is 2.28. The lowest BCUT2D eigenvalue weighted by atomic mass is 10.1. The molecule has 9 heteroatoms. The van der Waals surface area contributed by atoms with E-state index < -0.39 is 10.0 Å². The third-order valence-corrected chi connectivity index (χ3v) is 9.63. The molecule has 2 aliphatic rings. The number of thiazole rings is 1. The predicted molar refractivity (Wildman–Crippen MR) is 132 cm³/mol. The fourth-order valence-electron chi connectivity index (χ4n) is 4.63. The van der Waals surface area contributed by atoms with Crippen molar-refractivity contribution >= 4 is 42.6 Å². The SMILES string of the molecule is Cc1cc(C)c2sc(N3CCN(C(=O)c4ccc(S(=O)(=O)N5CCCC5)cc4)CC3)nc2c1. The minimum absolute atomic E-state index is 0.0597. The van der Waals surface area contributed by atoms with Gasteiger partial charge in [-0.25, -0.2) is 13.4 Å². The minimum Gasteiger partial charge on any atom is -0.345 e. The van der Waals surface area contributed by atoms with E-state index in [4.69, 9.17) is 4.98 Å². The molecule has 0 radical (unpaired) electrons. The number of nitrogens with zero attached hydrogens (tertiary/aromatic N) is 4. The number of hydrogen-bond acceptors (Lipinski definition) is 6. The molecular formula is C24H28N4O3S2. The topological polar surface area (TPSA) is 73.8 Å². The standard InChI is InChI=1S/C24H28N4O3S2/c1-17-15-18(2)22-21(16-17)25-24(32-22)27-13-11-26(12-14-27)23(29)19-5-7-20(8-6-19)33(30,31)28-9-3-4-10-28/h5-8,15-16H,3-4,9-14H2,1-2H3. The molecule has 33 heavy (non-hydrogen) atoms. The number of carbonyl (C=O) groups excluding carboxylic acids is 1. The molecule has 1 aromatic heterocycles. The lowest BCUT2D eigenvalue weighted by molar-refractivity contribution is 0.0746. The van der Waals surface area contributed by atoms with Crippen molar-refractivity contribution in [3.8, 4) is 0 Å². The van der Waals surface area contributed by atoms with Crippen molar-refractivity contribution in [1.82, 2.24) is 14.2 Å². The number of benzene rings is 2. The van der Waals surface area contributed by atoms with Crippen LogP contribution in [-0.4, -0.2) is 67.8 Å². The normalized spacial score (nSPS) is 17.8. The minimum atomic E-state index is -3.47. The van der Waals surface area contributed by atoms with Crippen molar-refractivity contribution in [3.05, 3.63) is 53.1 Å². The van der Waals surface area contributed by atoms with E-state index in [1.165, 1.54) is 20.1 Å². The quantitative estimate of drug-likeness (QED) is 0.565. The number of carbonyl (C=O) groups is 1. The molecule has 0 saturated carbocycles. The largest absolute Gasteiger partial charge is 0.345 e. The van der Waals surface area contributed by atoms with Gasteiger partial charge in [0.25, 0.3) is 5.91 Å². The number of fused-ring (bicyclic) bond motifs is 1. The van der Waals surface area contributed by atoms with Gasteiger partial charge in [-0.1, -0.05) is 17.4 Å². The van der Waals surface area contributed by atoms with Crippen LogP contribution in [0.15, 0.2) is 41.3 Å². The fraction of sp³-hybridized carbons (Fsp3) is 0.417. The van der Waals surface area contributed by atoms with E-state index in [1.54, 1.807) is 35.6 Å². The summed E-state index contributed by atoms with van der Waals surface area (Å²) in [5, 5.41) is 1.00. The maximum absolute atomic E-state index is 13.0. The number of anilines is 1. The lowest BCUT2D eigenvalue weighted by Gasteiger charge is -2.34. The highest BCUT2D eigenvalue weighted by molar-refractivity contribution is 7.89. The van der Waals surface area contributed by atoms with Gasteiger partial charge in [-0.05, 0) is 68.1 Å². The van der Waals surface area contributed by atoms with Crippen LogP contribution >= 0.6 is 11.3 Å². The van der Waals surface area contributed by atoms with E-state index in [0.29, 0.717) is 31.7 Å². The molecule has 0 unspecified atom stereocenters. The zero-order chi connectivity index (χ0) is 23.2. The molecule has 1 amide bonds. The Bertz CT molecular complexity index is 1290. The molecule has 0 N–H and O–H groups in total. The zero-order valence-corrected chi connectivity index (χ0v) is 20.6. The summed E-state index contributed by atoms with van der Waals surface area (Å²) in [6, 6.07) is 10.7. The predicted octanol–water partition coefficient (Wildman–Crippen LogP) is 3.66. The van der Waals surface area contributed by atoms with Gasteiger partial charge in [-0.2, -0.15) is 4.31 Å². The Hall–Kier alpha value is -2.49. The molecule has 3 aromatic rings. The molecule has 3 heterocycles. The van der Waals surface area contributed by atoms with Crippen molar-refractivity contribution < 1.29 is 13.2 Å². The van der Waals surface area contributed by atoms with Gasteiger partial charge in [0, 0.05) is 44.8 Å². The summed E-state index contributed by atoms with van der Waals surface area (Å²) >= 11 is 1.71. The van der Waals surface area contributed by atoms with Crippen molar-refractivity contribution in [2.24, 2.45) is 0 Å². The van der Waals surface area contributed by atoms with Crippen LogP contribution in [-0.2, 0) is 10.0 Å². The summed E-state index contributed by atoms with van der Waals surface area (Å²) in [7, 11) is -3.47. The molecule has 2 fully saturated rings.